The zero-order valence-electron chi connectivity index (χ0n) is 39.5. The number of aromatic nitrogens is 1. The molecule has 0 unspecified atom stereocenters. The van der Waals surface area contributed by atoms with Crippen LogP contribution in [0.25, 0.3) is 10.9 Å². The molecule has 4 rings (SSSR count). The van der Waals surface area contributed by atoms with Gasteiger partial charge in [0.2, 0.25) is 29.5 Å². The minimum Gasteiger partial charge on any atom is -0.481 e. The van der Waals surface area contributed by atoms with E-state index in [9.17, 15) is 33.6 Å². The number of carboxylic acid groups (broad SMARTS) is 1. The molecule has 19 nitrogen and oxygen atoms in total. The fourth-order valence-electron chi connectivity index (χ4n) is 8.05. The first kappa shape index (κ1) is 53.6. The molecule has 368 valence electrons. The summed E-state index contributed by atoms with van der Waals surface area (Å²) in [4.78, 5) is 93.7. The summed E-state index contributed by atoms with van der Waals surface area (Å²) >= 11 is 0. The van der Waals surface area contributed by atoms with Crippen LogP contribution in [-0.2, 0) is 57.8 Å². The summed E-state index contributed by atoms with van der Waals surface area (Å²) in [6, 6.07) is 14.6. The Kier molecular flexibility index (Phi) is 22.5. The first-order valence-electron chi connectivity index (χ1n) is 23.4. The molecule has 0 spiro atoms. The Balaban J connectivity index is 1.35. The first-order chi connectivity index (χ1) is 32.2. The fourth-order valence-corrected chi connectivity index (χ4v) is 8.05. The van der Waals surface area contributed by atoms with E-state index in [1.807, 2.05) is 43.1 Å². The standard InChI is InChI=1S/C48H71N9O10/c1-5-34-12-14-36(15-13-34)52-46(63)39(10-8-22-51-48(49)65)53-47(64)45(33(2)3)54-41(58)16-17-43(60)57(26-28-67-30-29-66-27-21-44(61)62)37-18-23-55(24-19-37)42(59)20-25-56-38(32-50-4)31-35-9-6-7-11-40(35)56/h6-7,9,11-15,31,33,37,39,45,50H,5,8,10,16-30,32H2,1-4H3,(H,52,63)(H,53,64)(H,54,58)(H,61,62)(H3,49,51,65)/t39-,45-/m0/s1. The van der Waals surface area contributed by atoms with Crippen molar-refractivity contribution in [2.24, 2.45) is 11.7 Å². The second kappa shape index (κ2) is 28.2. The smallest absolute Gasteiger partial charge is 0.312 e. The number of carboxylic acids is 1. The van der Waals surface area contributed by atoms with Gasteiger partial charge in [-0.05, 0) is 80.3 Å². The van der Waals surface area contributed by atoms with Crippen LogP contribution in [0.1, 0.15) is 83.4 Å². The van der Waals surface area contributed by atoms with Gasteiger partial charge in [0.1, 0.15) is 12.1 Å². The number of amides is 7. The highest BCUT2D eigenvalue weighted by Crippen LogP contribution is 2.23. The highest BCUT2D eigenvalue weighted by Gasteiger charge is 2.32. The summed E-state index contributed by atoms with van der Waals surface area (Å²) in [5.41, 5.74) is 9.02. The number of rotatable bonds is 29. The highest BCUT2D eigenvalue weighted by molar-refractivity contribution is 5.98. The number of hydrogen-bond donors (Lipinski definition) is 7. The highest BCUT2D eigenvalue weighted by atomic mass is 16.5. The van der Waals surface area contributed by atoms with E-state index in [0.717, 1.165) is 28.6 Å². The summed E-state index contributed by atoms with van der Waals surface area (Å²) in [5, 5.41) is 24.0. The lowest BCUT2D eigenvalue weighted by molar-refractivity contribution is -0.139. The number of nitrogens with one attached hydrogen (secondary N) is 5. The van der Waals surface area contributed by atoms with E-state index in [2.05, 4.69) is 49.4 Å². The number of carbonyl (C=O) groups is 7. The van der Waals surface area contributed by atoms with Crippen LogP contribution in [0, 0.1) is 5.92 Å². The number of fused-ring (bicyclic) bond motifs is 1. The molecule has 19 heteroatoms. The van der Waals surface area contributed by atoms with Crippen molar-refractivity contribution in [1.82, 2.24) is 35.6 Å². The molecule has 1 aliphatic heterocycles. The number of aliphatic carboxylic acids is 1. The second-order valence-corrected chi connectivity index (χ2v) is 17.0. The Bertz CT molecular complexity index is 2090. The molecular weight excluding hydrogens is 863 g/mol. The van der Waals surface area contributed by atoms with Crippen molar-refractivity contribution < 1.29 is 48.1 Å². The van der Waals surface area contributed by atoms with Crippen LogP contribution in [0.2, 0.25) is 0 Å². The summed E-state index contributed by atoms with van der Waals surface area (Å²) in [6.45, 7) is 8.69. The lowest BCUT2D eigenvalue weighted by Gasteiger charge is -2.39. The van der Waals surface area contributed by atoms with Gasteiger partial charge in [-0.3, -0.25) is 28.8 Å². The number of likely N-dealkylation sites (tertiary alicyclic amines) is 1. The van der Waals surface area contributed by atoms with E-state index in [1.54, 1.807) is 30.9 Å². The molecule has 1 saturated heterocycles. The summed E-state index contributed by atoms with van der Waals surface area (Å²) < 4.78 is 13.2. The molecule has 0 radical (unpaired) electrons. The van der Waals surface area contributed by atoms with Crippen LogP contribution in [-0.4, -0.2) is 139 Å². The van der Waals surface area contributed by atoms with E-state index < -0.39 is 41.8 Å². The average Bonchev–Trinajstić information content (AvgIpc) is 3.66. The number of aryl methyl sites for hydroxylation is 2. The molecule has 1 aliphatic rings. The van der Waals surface area contributed by atoms with Crippen molar-refractivity contribution in [2.75, 3.05) is 65.0 Å². The maximum atomic E-state index is 13.9. The minimum absolute atomic E-state index is 0.0323. The third-order valence-corrected chi connectivity index (χ3v) is 11.8. The van der Waals surface area contributed by atoms with Gasteiger partial charge >= 0.3 is 12.0 Å². The van der Waals surface area contributed by atoms with E-state index in [1.165, 1.54) is 0 Å². The number of primary amides is 1. The number of piperidine rings is 1. The molecule has 3 aromatic rings. The normalized spacial score (nSPS) is 13.8. The molecular formula is C48H71N9O10. The van der Waals surface area contributed by atoms with E-state index in [-0.39, 0.29) is 89.0 Å². The molecule has 0 bridgehead atoms. The number of nitrogens with zero attached hydrogens (tertiary/aromatic N) is 3. The van der Waals surface area contributed by atoms with Crippen molar-refractivity contribution in [3.63, 3.8) is 0 Å². The van der Waals surface area contributed by atoms with Gasteiger partial charge in [0.05, 0.1) is 32.8 Å². The van der Waals surface area contributed by atoms with Crippen LogP contribution in [0.15, 0.2) is 54.6 Å². The predicted octanol–water partition coefficient (Wildman–Crippen LogP) is 3.13. The maximum absolute atomic E-state index is 13.9. The number of carbonyl (C=O) groups excluding carboxylic acids is 6. The van der Waals surface area contributed by atoms with Crippen LogP contribution in [0.4, 0.5) is 10.5 Å². The molecule has 2 heterocycles. The Hall–Kier alpha value is -6.05. The number of benzene rings is 2. The van der Waals surface area contributed by atoms with Crippen molar-refractivity contribution in [3.05, 3.63) is 65.9 Å². The van der Waals surface area contributed by atoms with Gasteiger partial charge in [0.25, 0.3) is 0 Å². The third kappa shape index (κ3) is 17.9. The summed E-state index contributed by atoms with van der Waals surface area (Å²) in [6.07, 6.45) is 2.25. The fraction of sp³-hybridized carbons (Fsp3) is 0.562. The minimum atomic E-state index is -1.03. The molecule has 8 N–H and O–H groups in total. The van der Waals surface area contributed by atoms with Crippen LogP contribution < -0.4 is 32.3 Å². The van der Waals surface area contributed by atoms with Crippen LogP contribution in [0.5, 0.6) is 0 Å². The maximum Gasteiger partial charge on any atom is 0.312 e. The molecule has 1 aromatic heterocycles. The topological polar surface area (TPSA) is 256 Å². The summed E-state index contributed by atoms with van der Waals surface area (Å²) in [5.74, 6) is -3.15. The van der Waals surface area contributed by atoms with E-state index in [0.29, 0.717) is 57.5 Å². The number of para-hydroxylation sites is 1. The van der Waals surface area contributed by atoms with Crippen molar-refractivity contribution in [2.45, 2.75) is 110 Å². The van der Waals surface area contributed by atoms with Gasteiger partial charge in [-0.2, -0.15) is 0 Å². The third-order valence-electron chi connectivity index (χ3n) is 11.8. The summed E-state index contributed by atoms with van der Waals surface area (Å²) in [7, 11) is 1.89. The van der Waals surface area contributed by atoms with E-state index >= 15 is 0 Å². The Morgan fingerprint density at radius 2 is 1.57 bits per heavy atom. The van der Waals surface area contributed by atoms with Crippen LogP contribution in [0.3, 0.4) is 0 Å². The van der Waals surface area contributed by atoms with Gasteiger partial charge in [0, 0.05) is 81.5 Å². The van der Waals surface area contributed by atoms with Crippen LogP contribution >= 0.6 is 0 Å². The van der Waals surface area contributed by atoms with Gasteiger partial charge in [-0.1, -0.05) is 51.1 Å². The predicted molar refractivity (Wildman–Crippen MR) is 254 cm³/mol. The quantitative estimate of drug-likeness (QED) is 0.0498. The molecule has 2 atom stereocenters. The lowest BCUT2D eigenvalue weighted by Crippen LogP contribution is -2.54. The number of hydrogen-bond acceptors (Lipinski definition) is 10. The Morgan fingerprint density at radius 3 is 2.22 bits per heavy atom. The zero-order chi connectivity index (χ0) is 48.7. The van der Waals surface area contributed by atoms with E-state index in [4.69, 9.17) is 20.3 Å². The number of urea groups is 1. The number of ether oxygens (including phenoxy) is 2. The van der Waals surface area contributed by atoms with Crippen molar-refractivity contribution in [1.29, 1.82) is 0 Å². The molecule has 67 heavy (non-hydrogen) atoms. The Morgan fingerprint density at radius 1 is 0.866 bits per heavy atom. The van der Waals surface area contributed by atoms with Gasteiger partial charge in [-0.15, -0.1) is 0 Å². The SMILES string of the molecule is CCc1ccc(NC(=O)[C@H](CCCNC(N)=O)NC(=O)[C@@H](NC(=O)CCC(=O)N(CCOCCOCCC(=O)O)C2CCN(C(=O)CCn3c(CNC)cc4ccccc43)CC2)C(C)C)cc1. The lowest BCUT2D eigenvalue weighted by atomic mass is 10.0. The van der Waals surface area contributed by atoms with Crippen molar-refractivity contribution in [3.8, 4) is 0 Å². The first-order valence-corrected chi connectivity index (χ1v) is 23.4. The van der Waals surface area contributed by atoms with Crippen molar-refractivity contribution >= 4 is 58.1 Å². The Labute approximate surface area is 393 Å². The van der Waals surface area contributed by atoms with Gasteiger partial charge in [0.15, 0.2) is 0 Å². The van der Waals surface area contributed by atoms with Gasteiger partial charge < -0.3 is 61.3 Å². The second-order valence-electron chi connectivity index (χ2n) is 17.0. The van der Waals surface area contributed by atoms with Gasteiger partial charge in [-0.25, -0.2) is 4.79 Å². The molecule has 7 amide bonds. The molecule has 1 fully saturated rings. The average molecular weight is 934 g/mol. The zero-order valence-corrected chi connectivity index (χ0v) is 39.5. The number of anilines is 1. The molecule has 0 aliphatic carbocycles. The largest absolute Gasteiger partial charge is 0.481 e. The molecule has 0 saturated carbocycles. The number of nitrogens with two attached hydrogens (primary N) is 1. The monoisotopic (exact) mass is 934 g/mol. The molecule has 2 aromatic carbocycles.